The number of nitrogens with zero attached hydrogens (tertiary/aromatic N) is 4. The monoisotopic (exact) mass is 752 g/mol. The Bertz CT molecular complexity index is 1690. The number of ether oxygens (including phenoxy) is 4. The molecule has 3 aromatic rings. The van der Waals surface area contributed by atoms with Crippen molar-refractivity contribution in [2.45, 2.75) is 79.0 Å². The molecule has 0 fully saturated rings. The molecule has 0 spiro atoms. The predicted octanol–water partition coefficient (Wildman–Crippen LogP) is 4.70. The summed E-state index contributed by atoms with van der Waals surface area (Å²) in [5.74, 6) is -1.50. The topological polar surface area (TPSA) is 210 Å². The number of aromatic nitrogens is 3. The Morgan fingerprint density at radius 2 is 1.76 bits per heavy atom. The summed E-state index contributed by atoms with van der Waals surface area (Å²) in [5, 5.41) is 28.3. The Morgan fingerprint density at radius 1 is 1.02 bits per heavy atom. The van der Waals surface area contributed by atoms with E-state index in [-0.39, 0.29) is 80.2 Å². The molecule has 3 rings (SSSR count). The predicted molar refractivity (Wildman–Crippen MR) is 177 cm³/mol. The van der Waals surface area contributed by atoms with Gasteiger partial charge in [0, 0.05) is 37.0 Å². The van der Waals surface area contributed by atoms with Crippen molar-refractivity contribution in [1.82, 2.24) is 15.0 Å². The number of esters is 2. The number of benzene rings is 1. The SMILES string of the molecule is CCC(C)(C)C(=O)OCCOC(=O)CCCCCn1cc(N(C)Cc2c(O)c(Br)cc3c(COC(=O)OCCC(=O)O)cc(=O)oc23)nn1. The van der Waals surface area contributed by atoms with Crippen LogP contribution >= 0.6 is 15.9 Å². The summed E-state index contributed by atoms with van der Waals surface area (Å²) in [7, 11) is 1.72. The van der Waals surface area contributed by atoms with Crippen molar-refractivity contribution in [3.63, 3.8) is 0 Å². The molecule has 49 heavy (non-hydrogen) atoms. The molecule has 2 heterocycles. The smallest absolute Gasteiger partial charge is 0.506 e. The molecule has 1 aromatic carbocycles. The maximum Gasteiger partial charge on any atom is 0.508 e. The van der Waals surface area contributed by atoms with Crippen molar-refractivity contribution in [1.29, 1.82) is 0 Å². The van der Waals surface area contributed by atoms with Crippen molar-refractivity contribution >= 4 is 56.8 Å². The molecule has 0 saturated carbocycles. The zero-order valence-corrected chi connectivity index (χ0v) is 29.4. The molecule has 2 N–H and O–H groups in total. The molecule has 0 amide bonds. The van der Waals surface area contributed by atoms with Gasteiger partial charge in [0.2, 0.25) is 0 Å². The lowest BCUT2D eigenvalue weighted by atomic mass is 9.91. The number of aryl methyl sites for hydroxylation is 1. The van der Waals surface area contributed by atoms with Gasteiger partial charge in [-0.3, -0.25) is 19.1 Å². The van der Waals surface area contributed by atoms with E-state index < -0.39 is 23.2 Å². The Balaban J connectivity index is 1.52. The van der Waals surface area contributed by atoms with Crippen LogP contribution in [0.2, 0.25) is 0 Å². The highest BCUT2D eigenvalue weighted by atomic mass is 79.9. The van der Waals surface area contributed by atoms with E-state index in [9.17, 15) is 29.1 Å². The minimum absolute atomic E-state index is 0.0167. The second-order valence-corrected chi connectivity index (χ2v) is 12.6. The van der Waals surface area contributed by atoms with E-state index >= 15 is 0 Å². The van der Waals surface area contributed by atoms with E-state index in [1.807, 2.05) is 6.92 Å². The summed E-state index contributed by atoms with van der Waals surface area (Å²) < 4.78 is 27.5. The minimum atomic E-state index is -1.14. The van der Waals surface area contributed by atoms with Crippen molar-refractivity contribution < 1.29 is 52.8 Å². The first-order valence-electron chi connectivity index (χ1n) is 15.6. The molecule has 2 aromatic heterocycles. The van der Waals surface area contributed by atoms with Gasteiger partial charge in [-0.2, -0.15) is 0 Å². The first-order valence-corrected chi connectivity index (χ1v) is 16.4. The van der Waals surface area contributed by atoms with Crippen LogP contribution in [0, 0.1) is 5.41 Å². The van der Waals surface area contributed by atoms with E-state index in [4.69, 9.17) is 28.5 Å². The second kappa shape index (κ2) is 18.2. The van der Waals surface area contributed by atoms with Crippen LogP contribution in [0.4, 0.5) is 10.6 Å². The quantitative estimate of drug-likeness (QED) is 0.0736. The van der Waals surface area contributed by atoms with Crippen LogP contribution in [0.25, 0.3) is 11.0 Å². The number of hydrogen-bond donors (Lipinski definition) is 2. The summed E-state index contributed by atoms with van der Waals surface area (Å²) in [6.07, 6.45) is 3.20. The number of phenols is 1. The summed E-state index contributed by atoms with van der Waals surface area (Å²) in [4.78, 5) is 60.6. The minimum Gasteiger partial charge on any atom is -0.506 e. The second-order valence-electron chi connectivity index (χ2n) is 11.8. The van der Waals surface area contributed by atoms with Crippen molar-refractivity contribution in [3.05, 3.63) is 44.3 Å². The molecule has 0 unspecified atom stereocenters. The highest BCUT2D eigenvalue weighted by molar-refractivity contribution is 9.10. The van der Waals surface area contributed by atoms with Crippen molar-refractivity contribution in [2.75, 3.05) is 31.8 Å². The molecular weight excluding hydrogens is 712 g/mol. The molecule has 0 aliphatic rings. The number of hydrogen-bond acceptors (Lipinski definition) is 14. The first kappa shape index (κ1) is 38.8. The first-order chi connectivity index (χ1) is 23.2. The number of rotatable bonds is 19. The molecule has 16 nitrogen and oxygen atoms in total. The van der Waals surface area contributed by atoms with Gasteiger partial charge < -0.3 is 38.5 Å². The molecule has 0 aliphatic carbocycles. The number of unbranched alkanes of at least 4 members (excludes halogenated alkanes) is 2. The fourth-order valence-electron chi connectivity index (χ4n) is 4.36. The lowest BCUT2D eigenvalue weighted by Gasteiger charge is -2.20. The van der Waals surface area contributed by atoms with Gasteiger partial charge in [0.15, 0.2) is 5.82 Å². The van der Waals surface area contributed by atoms with Gasteiger partial charge in [-0.05, 0) is 55.1 Å². The summed E-state index contributed by atoms with van der Waals surface area (Å²) in [6.45, 7) is 5.40. The third kappa shape index (κ3) is 11.8. The number of phenolic OH excluding ortho intramolecular Hbond substituents is 1. The number of fused-ring (bicyclic) bond motifs is 1. The Morgan fingerprint density at radius 3 is 2.47 bits per heavy atom. The van der Waals surface area contributed by atoms with Gasteiger partial charge in [0.25, 0.3) is 0 Å². The fourth-order valence-corrected chi connectivity index (χ4v) is 4.83. The van der Waals surface area contributed by atoms with Crippen LogP contribution < -0.4 is 10.5 Å². The van der Waals surface area contributed by atoms with E-state index in [0.29, 0.717) is 35.1 Å². The summed E-state index contributed by atoms with van der Waals surface area (Å²) in [6, 6.07) is 2.67. The molecule has 0 saturated heterocycles. The highest BCUT2D eigenvalue weighted by Gasteiger charge is 2.27. The van der Waals surface area contributed by atoms with Gasteiger partial charge in [0.1, 0.15) is 37.8 Å². The van der Waals surface area contributed by atoms with Gasteiger partial charge in [-0.1, -0.05) is 18.6 Å². The largest absolute Gasteiger partial charge is 0.508 e. The summed E-state index contributed by atoms with van der Waals surface area (Å²) >= 11 is 3.32. The van der Waals surface area contributed by atoms with Crippen LogP contribution in [-0.2, 0) is 53.0 Å². The van der Waals surface area contributed by atoms with Crippen molar-refractivity contribution in [3.8, 4) is 5.75 Å². The number of anilines is 1. The average molecular weight is 754 g/mol. The van der Waals surface area contributed by atoms with E-state index in [2.05, 4.69) is 26.2 Å². The van der Waals surface area contributed by atoms with Crippen molar-refractivity contribution in [2.24, 2.45) is 5.41 Å². The zero-order chi connectivity index (χ0) is 36.1. The zero-order valence-electron chi connectivity index (χ0n) is 27.9. The van der Waals surface area contributed by atoms with Gasteiger partial charge in [-0.25, -0.2) is 9.59 Å². The van der Waals surface area contributed by atoms with E-state index in [1.165, 1.54) is 6.07 Å². The van der Waals surface area contributed by atoms with E-state index in [1.54, 1.807) is 36.7 Å². The Hall–Kier alpha value is -4.67. The lowest BCUT2D eigenvalue weighted by Crippen LogP contribution is -2.27. The lowest BCUT2D eigenvalue weighted by molar-refractivity contribution is -0.159. The fraction of sp³-hybridized carbons (Fsp3) is 0.531. The molecule has 268 valence electrons. The third-order valence-electron chi connectivity index (χ3n) is 7.62. The molecule has 0 bridgehead atoms. The molecule has 0 radical (unpaired) electrons. The van der Waals surface area contributed by atoms with Crippen LogP contribution in [0.1, 0.15) is 70.4 Å². The standard InChI is InChI=1S/C32H41BrN4O12/c1-5-32(2,3)30(43)46-14-13-45-26(40)9-7-6-8-11-37-18-24(34-35-37)36(4)17-22-28(42)23(33)16-21-20(15-27(41)49-29(21)22)19-48-31(44)47-12-10-25(38)39/h15-16,18,42H,5-14,17,19H2,1-4H3,(H,38,39). The number of carboxylic acid groups (broad SMARTS) is 1. The molecule has 0 aliphatic heterocycles. The van der Waals surface area contributed by atoms with Gasteiger partial charge in [0.05, 0.1) is 34.6 Å². The Kier molecular flexibility index (Phi) is 14.4. The van der Waals surface area contributed by atoms with Crippen LogP contribution in [0.3, 0.4) is 0 Å². The maximum absolute atomic E-state index is 12.4. The number of carboxylic acids is 1. The number of aliphatic carboxylic acids is 1. The number of carbonyl (C=O) groups excluding carboxylic acids is 3. The van der Waals surface area contributed by atoms with E-state index in [0.717, 1.165) is 18.9 Å². The van der Waals surface area contributed by atoms with Gasteiger partial charge in [-0.15, -0.1) is 5.10 Å². The number of aromatic hydroxyl groups is 1. The van der Waals surface area contributed by atoms with Crippen LogP contribution in [0.15, 0.2) is 32.0 Å². The van der Waals surface area contributed by atoms with Gasteiger partial charge >= 0.3 is 29.7 Å². The maximum atomic E-state index is 12.4. The molecule has 0 atom stereocenters. The van der Waals surface area contributed by atoms with Crippen LogP contribution in [-0.4, -0.2) is 76.1 Å². The van der Waals surface area contributed by atoms with Crippen LogP contribution in [0.5, 0.6) is 5.75 Å². The summed E-state index contributed by atoms with van der Waals surface area (Å²) in [5.41, 5.74) is -0.698. The Labute approximate surface area is 290 Å². The molecule has 17 heteroatoms. The number of carbonyl (C=O) groups is 4. The average Bonchev–Trinajstić information content (AvgIpc) is 3.53. The third-order valence-corrected chi connectivity index (χ3v) is 8.23. The highest BCUT2D eigenvalue weighted by Crippen LogP contribution is 2.37. The normalized spacial score (nSPS) is 11.3. The number of halogens is 1. The molecular formula is C32H41BrN4O12.